The average molecular weight is 443 g/mol. The third-order valence-electron chi connectivity index (χ3n) is 5.13. The number of carbonyl (C=O) groups excluding carboxylic acids is 1. The smallest absolute Gasteiger partial charge is 0.248 e. The Morgan fingerprint density at radius 1 is 1.03 bits per heavy atom. The molecule has 0 unspecified atom stereocenters. The van der Waals surface area contributed by atoms with E-state index in [2.05, 4.69) is 11.4 Å². The fourth-order valence-corrected chi connectivity index (χ4v) is 3.35. The van der Waals surface area contributed by atoms with E-state index in [9.17, 15) is 9.90 Å². The predicted molar refractivity (Wildman–Crippen MR) is 135 cm³/mol. The van der Waals surface area contributed by atoms with Gasteiger partial charge in [-0.15, -0.1) is 0 Å². The fraction of sp³-hybridized carbons (Fsp3) is 0.179. The van der Waals surface area contributed by atoms with Crippen LogP contribution < -0.4 is 15.8 Å². The van der Waals surface area contributed by atoms with Gasteiger partial charge < -0.3 is 20.9 Å². The molecule has 0 radical (unpaired) electrons. The van der Waals surface area contributed by atoms with Crippen molar-refractivity contribution in [3.8, 4) is 5.75 Å². The molecule has 0 atom stereocenters. The standard InChI is InChI=1S/C28H30N2O3/c1-20(2)12-16-24-23(18-31)14-13-22(28(24)33-19-21-8-4-3-5-9-21)15-17-27(32)30-26-11-7-6-10-25(26)29/h3-15,17,31H,16,18-19,29H2,1-2H3,(H,30,32). The second kappa shape index (κ2) is 11.7. The highest BCUT2D eigenvalue weighted by Gasteiger charge is 2.14. The van der Waals surface area contributed by atoms with E-state index < -0.39 is 0 Å². The zero-order valence-electron chi connectivity index (χ0n) is 19.0. The lowest BCUT2D eigenvalue weighted by atomic mass is 9.98. The molecule has 0 aliphatic rings. The Bertz CT molecular complexity index is 1150. The van der Waals surface area contributed by atoms with E-state index in [0.717, 1.165) is 22.3 Å². The fourth-order valence-electron chi connectivity index (χ4n) is 3.35. The molecule has 33 heavy (non-hydrogen) atoms. The number of nitrogens with one attached hydrogen (secondary N) is 1. The number of nitrogens with two attached hydrogens (primary N) is 1. The van der Waals surface area contributed by atoms with Gasteiger partial charge in [0, 0.05) is 17.2 Å². The van der Waals surface area contributed by atoms with E-state index in [1.165, 1.54) is 11.6 Å². The molecule has 0 bridgehead atoms. The molecular weight excluding hydrogens is 412 g/mol. The summed E-state index contributed by atoms with van der Waals surface area (Å²) in [6.07, 6.45) is 5.90. The Hall–Kier alpha value is -3.83. The first-order valence-corrected chi connectivity index (χ1v) is 10.9. The average Bonchev–Trinajstić information content (AvgIpc) is 2.82. The second-order valence-corrected chi connectivity index (χ2v) is 7.95. The van der Waals surface area contributed by atoms with Gasteiger partial charge in [0.1, 0.15) is 12.4 Å². The third-order valence-corrected chi connectivity index (χ3v) is 5.13. The molecule has 0 aliphatic carbocycles. The molecule has 0 saturated heterocycles. The summed E-state index contributed by atoms with van der Waals surface area (Å²) in [5, 5.41) is 12.7. The predicted octanol–water partition coefficient (Wildman–Crippen LogP) is 5.50. The van der Waals surface area contributed by atoms with E-state index in [1.54, 1.807) is 18.2 Å². The molecule has 0 saturated carbocycles. The number of benzene rings is 3. The Kier molecular flexibility index (Phi) is 8.44. The van der Waals surface area contributed by atoms with E-state index in [0.29, 0.717) is 30.2 Å². The van der Waals surface area contributed by atoms with Crippen molar-refractivity contribution in [2.24, 2.45) is 0 Å². The lowest BCUT2D eigenvalue weighted by Crippen LogP contribution is -2.09. The largest absolute Gasteiger partial charge is 0.488 e. The van der Waals surface area contributed by atoms with Crippen LogP contribution in [0.25, 0.3) is 6.08 Å². The molecule has 5 nitrogen and oxygen atoms in total. The molecule has 3 rings (SSSR count). The summed E-state index contributed by atoms with van der Waals surface area (Å²) in [7, 11) is 0. The van der Waals surface area contributed by atoms with Gasteiger partial charge in [0.15, 0.2) is 0 Å². The normalized spacial score (nSPS) is 10.8. The maximum absolute atomic E-state index is 12.5. The van der Waals surface area contributed by atoms with Crippen LogP contribution in [-0.4, -0.2) is 11.0 Å². The number of hydrogen-bond acceptors (Lipinski definition) is 4. The molecular formula is C28H30N2O3. The van der Waals surface area contributed by atoms with Gasteiger partial charge in [-0.05, 0) is 49.6 Å². The van der Waals surface area contributed by atoms with Crippen LogP contribution in [0.3, 0.4) is 0 Å². The summed E-state index contributed by atoms with van der Waals surface area (Å²) in [6.45, 7) is 4.36. The molecule has 0 heterocycles. The highest BCUT2D eigenvalue weighted by Crippen LogP contribution is 2.31. The summed E-state index contributed by atoms with van der Waals surface area (Å²) in [6, 6.07) is 20.7. The Morgan fingerprint density at radius 3 is 2.45 bits per heavy atom. The highest BCUT2D eigenvalue weighted by atomic mass is 16.5. The van der Waals surface area contributed by atoms with Gasteiger partial charge in [-0.3, -0.25) is 4.79 Å². The Balaban J connectivity index is 1.92. The Labute approximate surface area is 195 Å². The molecule has 0 spiro atoms. The molecule has 0 aliphatic heterocycles. The first-order chi connectivity index (χ1) is 16.0. The van der Waals surface area contributed by atoms with Crippen molar-refractivity contribution >= 4 is 23.4 Å². The van der Waals surface area contributed by atoms with Gasteiger partial charge in [-0.25, -0.2) is 0 Å². The number of anilines is 2. The van der Waals surface area contributed by atoms with Crippen molar-refractivity contribution in [1.29, 1.82) is 0 Å². The van der Waals surface area contributed by atoms with Crippen LogP contribution >= 0.6 is 0 Å². The number of aliphatic hydroxyl groups excluding tert-OH is 1. The number of carbonyl (C=O) groups is 1. The first-order valence-electron chi connectivity index (χ1n) is 10.9. The van der Waals surface area contributed by atoms with Gasteiger partial charge in [-0.1, -0.05) is 66.2 Å². The van der Waals surface area contributed by atoms with Crippen LogP contribution in [0.2, 0.25) is 0 Å². The number of nitrogen functional groups attached to an aromatic ring is 1. The summed E-state index contributed by atoms with van der Waals surface area (Å²) in [5.41, 5.74) is 11.7. The van der Waals surface area contributed by atoms with Gasteiger partial charge in [0.05, 0.1) is 18.0 Å². The minimum Gasteiger partial charge on any atom is -0.488 e. The van der Waals surface area contributed by atoms with Crippen molar-refractivity contribution in [2.75, 3.05) is 11.1 Å². The minimum absolute atomic E-state index is 0.0919. The van der Waals surface area contributed by atoms with Crippen molar-refractivity contribution < 1.29 is 14.6 Å². The minimum atomic E-state index is -0.293. The topological polar surface area (TPSA) is 84.6 Å². The summed E-state index contributed by atoms with van der Waals surface area (Å²) < 4.78 is 6.26. The molecule has 170 valence electrons. The van der Waals surface area contributed by atoms with Crippen molar-refractivity contribution in [3.05, 3.63) is 107 Å². The van der Waals surface area contributed by atoms with E-state index >= 15 is 0 Å². The van der Waals surface area contributed by atoms with Crippen LogP contribution in [-0.2, 0) is 24.4 Å². The lowest BCUT2D eigenvalue weighted by molar-refractivity contribution is -0.111. The maximum atomic E-state index is 12.5. The number of allylic oxidation sites excluding steroid dienone is 2. The second-order valence-electron chi connectivity index (χ2n) is 7.95. The summed E-state index contributed by atoms with van der Waals surface area (Å²) in [5.74, 6) is 0.366. The zero-order chi connectivity index (χ0) is 23.6. The SMILES string of the molecule is CC(C)=CCc1c(CO)ccc(C=CC(=O)Nc2ccccc2N)c1OCc1ccccc1. The third kappa shape index (κ3) is 6.82. The molecule has 1 amide bonds. The molecule has 4 N–H and O–H groups in total. The van der Waals surface area contributed by atoms with Gasteiger partial charge in [0.2, 0.25) is 5.91 Å². The van der Waals surface area contributed by atoms with Gasteiger partial charge in [-0.2, -0.15) is 0 Å². The van der Waals surface area contributed by atoms with Gasteiger partial charge in [0.25, 0.3) is 0 Å². The van der Waals surface area contributed by atoms with Crippen LogP contribution in [0.15, 0.2) is 84.5 Å². The zero-order valence-corrected chi connectivity index (χ0v) is 19.0. The van der Waals surface area contributed by atoms with Crippen LogP contribution in [0.5, 0.6) is 5.75 Å². The highest BCUT2D eigenvalue weighted by molar-refractivity contribution is 6.03. The number of rotatable bonds is 9. The number of ether oxygens (including phenoxy) is 1. The lowest BCUT2D eigenvalue weighted by Gasteiger charge is -2.17. The molecule has 5 heteroatoms. The van der Waals surface area contributed by atoms with E-state index in [-0.39, 0.29) is 12.5 Å². The number of aliphatic hydroxyl groups is 1. The van der Waals surface area contributed by atoms with Crippen LogP contribution in [0, 0.1) is 0 Å². The molecule has 0 fully saturated rings. The molecule has 3 aromatic carbocycles. The Morgan fingerprint density at radius 2 is 1.76 bits per heavy atom. The van der Waals surface area contributed by atoms with Crippen molar-refractivity contribution in [2.45, 2.75) is 33.5 Å². The first kappa shape index (κ1) is 23.8. The van der Waals surface area contributed by atoms with Crippen molar-refractivity contribution in [1.82, 2.24) is 0 Å². The van der Waals surface area contributed by atoms with Crippen molar-refractivity contribution in [3.63, 3.8) is 0 Å². The van der Waals surface area contributed by atoms with E-state index in [4.69, 9.17) is 10.5 Å². The summed E-state index contributed by atoms with van der Waals surface area (Å²) >= 11 is 0. The van der Waals surface area contributed by atoms with Crippen LogP contribution in [0.1, 0.15) is 36.1 Å². The maximum Gasteiger partial charge on any atom is 0.248 e. The molecule has 0 aromatic heterocycles. The van der Waals surface area contributed by atoms with Crippen LogP contribution in [0.4, 0.5) is 11.4 Å². The number of hydrogen-bond donors (Lipinski definition) is 3. The summed E-state index contributed by atoms with van der Waals surface area (Å²) in [4.78, 5) is 12.5. The molecule has 3 aromatic rings. The van der Waals surface area contributed by atoms with Gasteiger partial charge >= 0.3 is 0 Å². The monoisotopic (exact) mass is 442 g/mol. The number of amides is 1. The quantitative estimate of drug-likeness (QED) is 0.232. The van der Waals surface area contributed by atoms with E-state index in [1.807, 2.05) is 68.4 Å². The number of para-hydroxylation sites is 2.